The fourth-order valence-electron chi connectivity index (χ4n) is 1.67. The van der Waals surface area contributed by atoms with Gasteiger partial charge in [0.1, 0.15) is 17.1 Å². The number of halogens is 3. The molecular weight excluding hydrogens is 289 g/mol. The fraction of sp³-hybridized carbons (Fsp3) is 0.250. The van der Waals surface area contributed by atoms with Crippen molar-refractivity contribution in [2.75, 3.05) is 0 Å². The topological polar surface area (TPSA) is 90.6 Å². The Kier molecular flexibility index (Phi) is 3.83. The number of aromatic nitrogens is 3. The van der Waals surface area contributed by atoms with Gasteiger partial charge < -0.3 is 15.3 Å². The van der Waals surface area contributed by atoms with Crippen LogP contribution in [0.2, 0.25) is 0 Å². The molecule has 0 radical (unpaired) electrons. The monoisotopic (exact) mass is 300 g/mol. The first-order valence-electron chi connectivity index (χ1n) is 5.89. The summed E-state index contributed by atoms with van der Waals surface area (Å²) in [6.45, 7) is 1.62. The zero-order valence-electron chi connectivity index (χ0n) is 10.8. The number of amides is 1. The van der Waals surface area contributed by atoms with Gasteiger partial charge in [0.05, 0.1) is 6.04 Å². The van der Waals surface area contributed by atoms with Crippen LogP contribution in [-0.4, -0.2) is 20.9 Å². The maximum absolute atomic E-state index is 12.4. The van der Waals surface area contributed by atoms with Crippen LogP contribution in [0, 0.1) is 0 Å². The van der Waals surface area contributed by atoms with Gasteiger partial charge in [-0.2, -0.15) is 13.2 Å². The van der Waals surface area contributed by atoms with Crippen molar-refractivity contribution in [1.82, 2.24) is 20.3 Å². The van der Waals surface area contributed by atoms with Gasteiger partial charge in [-0.3, -0.25) is 9.59 Å². The zero-order valence-corrected chi connectivity index (χ0v) is 10.8. The molecule has 2 aromatic heterocycles. The molecule has 0 fully saturated rings. The van der Waals surface area contributed by atoms with Gasteiger partial charge in [-0.05, 0) is 19.1 Å². The van der Waals surface area contributed by atoms with Crippen LogP contribution in [-0.2, 0) is 6.18 Å². The predicted molar refractivity (Wildman–Crippen MR) is 66.5 cm³/mol. The van der Waals surface area contributed by atoms with Gasteiger partial charge in [-0.15, -0.1) is 0 Å². The number of pyridine rings is 1. The van der Waals surface area contributed by atoms with Crippen molar-refractivity contribution >= 4 is 5.91 Å². The number of aromatic amines is 2. The van der Waals surface area contributed by atoms with E-state index in [-0.39, 0.29) is 0 Å². The van der Waals surface area contributed by atoms with Crippen molar-refractivity contribution in [3.05, 3.63) is 52.0 Å². The fourth-order valence-corrected chi connectivity index (χ4v) is 1.67. The first-order valence-corrected chi connectivity index (χ1v) is 5.89. The highest BCUT2D eigenvalue weighted by Crippen LogP contribution is 2.26. The van der Waals surface area contributed by atoms with Crippen molar-refractivity contribution in [1.29, 1.82) is 0 Å². The summed E-state index contributed by atoms with van der Waals surface area (Å²) in [6, 6.07) is 0.967. The number of nitrogens with one attached hydrogen (secondary N) is 3. The highest BCUT2D eigenvalue weighted by Gasteiger charge is 2.32. The number of carbonyl (C=O) groups is 1. The lowest BCUT2D eigenvalue weighted by Crippen LogP contribution is -2.32. The molecule has 0 aliphatic heterocycles. The van der Waals surface area contributed by atoms with E-state index < -0.39 is 34.9 Å². The second kappa shape index (κ2) is 5.43. The van der Waals surface area contributed by atoms with Gasteiger partial charge in [-0.25, -0.2) is 4.98 Å². The third-order valence-corrected chi connectivity index (χ3v) is 2.74. The van der Waals surface area contributed by atoms with Crippen LogP contribution in [0.3, 0.4) is 0 Å². The summed E-state index contributed by atoms with van der Waals surface area (Å²) in [6.07, 6.45) is -1.62. The van der Waals surface area contributed by atoms with E-state index in [0.717, 1.165) is 6.07 Å². The molecule has 112 valence electrons. The number of carbonyl (C=O) groups excluding carboxylic acids is 1. The predicted octanol–water partition coefficient (Wildman–Crippen LogP) is 1.61. The Hall–Kier alpha value is -2.58. The molecule has 3 N–H and O–H groups in total. The van der Waals surface area contributed by atoms with Crippen LogP contribution >= 0.6 is 0 Å². The summed E-state index contributed by atoms with van der Waals surface area (Å²) in [7, 11) is 0. The van der Waals surface area contributed by atoms with Gasteiger partial charge in [0.15, 0.2) is 0 Å². The van der Waals surface area contributed by atoms with E-state index in [1.54, 1.807) is 18.1 Å². The molecule has 0 saturated carbocycles. The van der Waals surface area contributed by atoms with Gasteiger partial charge in [-0.1, -0.05) is 0 Å². The van der Waals surface area contributed by atoms with Crippen molar-refractivity contribution in [2.45, 2.75) is 19.1 Å². The Balaban J connectivity index is 2.19. The second-order valence-corrected chi connectivity index (χ2v) is 4.28. The van der Waals surface area contributed by atoms with Crippen LogP contribution in [0.4, 0.5) is 13.2 Å². The average molecular weight is 300 g/mol. The standard InChI is InChI=1S/C12H11F3N4O2/c1-6(9-16-4-5-17-9)18-10(20)7-2-3-8(12(13,14)15)19-11(7)21/h2-6H,1H3,(H,16,17)(H,18,20)(H,19,21). The summed E-state index contributed by atoms with van der Waals surface area (Å²) >= 11 is 0. The van der Waals surface area contributed by atoms with Crippen LogP contribution in [0.15, 0.2) is 29.3 Å². The van der Waals surface area contributed by atoms with E-state index in [1.165, 1.54) is 6.20 Å². The largest absolute Gasteiger partial charge is 0.431 e. The molecule has 0 aliphatic rings. The van der Waals surface area contributed by atoms with E-state index in [0.29, 0.717) is 11.9 Å². The first kappa shape index (κ1) is 14.8. The molecular formula is C12H11F3N4O2. The number of nitrogens with zero attached hydrogens (tertiary/aromatic N) is 1. The van der Waals surface area contributed by atoms with Crippen molar-refractivity contribution in [2.24, 2.45) is 0 Å². The number of hydrogen-bond donors (Lipinski definition) is 3. The average Bonchev–Trinajstić information content (AvgIpc) is 2.91. The Morgan fingerprint density at radius 1 is 1.38 bits per heavy atom. The summed E-state index contributed by atoms with van der Waals surface area (Å²) < 4.78 is 37.2. The highest BCUT2D eigenvalue weighted by molar-refractivity contribution is 5.94. The van der Waals surface area contributed by atoms with E-state index in [2.05, 4.69) is 15.3 Å². The third-order valence-electron chi connectivity index (χ3n) is 2.74. The van der Waals surface area contributed by atoms with E-state index in [9.17, 15) is 22.8 Å². The Morgan fingerprint density at radius 3 is 2.62 bits per heavy atom. The molecule has 1 amide bonds. The smallest absolute Gasteiger partial charge is 0.347 e. The quantitative estimate of drug-likeness (QED) is 0.804. The SMILES string of the molecule is CC(NC(=O)c1ccc(C(F)(F)F)[nH]c1=O)c1ncc[nH]1. The molecule has 9 heteroatoms. The van der Waals surface area contributed by atoms with Crippen LogP contribution < -0.4 is 10.9 Å². The Labute approximate surface area is 116 Å². The normalized spacial score (nSPS) is 13.0. The summed E-state index contributed by atoms with van der Waals surface area (Å²) in [5.41, 5.74) is -2.71. The van der Waals surface area contributed by atoms with Crippen LogP contribution in [0.5, 0.6) is 0 Å². The number of imidazole rings is 1. The molecule has 0 aromatic carbocycles. The molecule has 1 atom stereocenters. The van der Waals surface area contributed by atoms with Crippen molar-refractivity contribution in [3.63, 3.8) is 0 Å². The second-order valence-electron chi connectivity index (χ2n) is 4.28. The number of alkyl halides is 3. The van der Waals surface area contributed by atoms with E-state index in [1.807, 2.05) is 0 Å². The van der Waals surface area contributed by atoms with Gasteiger partial charge in [0.2, 0.25) is 0 Å². The molecule has 0 spiro atoms. The Morgan fingerprint density at radius 2 is 2.10 bits per heavy atom. The first-order chi connectivity index (χ1) is 9.79. The summed E-state index contributed by atoms with van der Waals surface area (Å²) in [5.74, 6) is -0.319. The lowest BCUT2D eigenvalue weighted by atomic mass is 10.2. The van der Waals surface area contributed by atoms with Crippen molar-refractivity contribution in [3.8, 4) is 0 Å². The summed E-state index contributed by atoms with van der Waals surface area (Å²) in [5, 5.41) is 2.46. The van der Waals surface area contributed by atoms with Gasteiger partial charge in [0, 0.05) is 12.4 Å². The maximum Gasteiger partial charge on any atom is 0.431 e. The van der Waals surface area contributed by atoms with Crippen molar-refractivity contribution < 1.29 is 18.0 Å². The van der Waals surface area contributed by atoms with E-state index >= 15 is 0 Å². The minimum absolute atomic E-state index is 0.401. The number of H-pyrrole nitrogens is 2. The lowest BCUT2D eigenvalue weighted by Gasteiger charge is -2.12. The molecule has 21 heavy (non-hydrogen) atoms. The van der Waals surface area contributed by atoms with Gasteiger partial charge >= 0.3 is 6.18 Å². The zero-order chi connectivity index (χ0) is 15.6. The minimum atomic E-state index is -4.67. The molecule has 6 nitrogen and oxygen atoms in total. The van der Waals surface area contributed by atoms with Crippen LogP contribution in [0.25, 0.3) is 0 Å². The number of rotatable bonds is 3. The molecule has 1 unspecified atom stereocenters. The van der Waals surface area contributed by atoms with E-state index in [4.69, 9.17) is 0 Å². The molecule has 2 rings (SSSR count). The summed E-state index contributed by atoms with van der Waals surface area (Å²) in [4.78, 5) is 31.8. The third kappa shape index (κ3) is 3.30. The Bertz CT molecular complexity index is 691. The molecule has 2 heterocycles. The maximum atomic E-state index is 12.4. The minimum Gasteiger partial charge on any atom is -0.347 e. The molecule has 2 aromatic rings. The highest BCUT2D eigenvalue weighted by atomic mass is 19.4. The lowest BCUT2D eigenvalue weighted by molar-refractivity contribution is -0.141. The van der Waals surface area contributed by atoms with Gasteiger partial charge in [0.25, 0.3) is 11.5 Å². The molecule has 0 aliphatic carbocycles. The van der Waals surface area contributed by atoms with Crippen LogP contribution in [0.1, 0.15) is 34.8 Å². The number of hydrogen-bond acceptors (Lipinski definition) is 3. The molecule has 0 bridgehead atoms. The molecule has 0 saturated heterocycles.